The van der Waals surface area contributed by atoms with Crippen LogP contribution < -0.4 is 20.3 Å². The Morgan fingerprint density at radius 1 is 1.18 bits per heavy atom. The first-order valence-electron chi connectivity index (χ1n) is 11.3. The van der Waals surface area contributed by atoms with Gasteiger partial charge in [-0.25, -0.2) is 0 Å². The number of ether oxygens (including phenoxy) is 2. The maximum Gasteiger partial charge on any atom is 0.227 e. The molecule has 2 saturated heterocycles. The number of guanidine groups is 1. The van der Waals surface area contributed by atoms with Gasteiger partial charge in [0.05, 0.1) is 13.2 Å². The zero-order chi connectivity index (χ0) is 22.3. The lowest BCUT2D eigenvalue weighted by Gasteiger charge is -2.18. The smallest absolute Gasteiger partial charge is 0.227 e. The van der Waals surface area contributed by atoms with Crippen molar-refractivity contribution in [2.45, 2.75) is 45.4 Å². The molecule has 2 aliphatic rings. The maximum atomic E-state index is 11.9. The van der Waals surface area contributed by atoms with Gasteiger partial charge in [-0.05, 0) is 42.7 Å². The van der Waals surface area contributed by atoms with Crippen LogP contribution in [0.2, 0.25) is 0 Å². The summed E-state index contributed by atoms with van der Waals surface area (Å²) in [6.07, 6.45) is 2.63. The second kappa shape index (κ2) is 12.2. The van der Waals surface area contributed by atoms with Crippen LogP contribution in [0.5, 0.6) is 5.75 Å². The van der Waals surface area contributed by atoms with Crippen LogP contribution in [0, 0.1) is 6.92 Å². The summed E-state index contributed by atoms with van der Waals surface area (Å²) in [7, 11) is 1.76. The highest BCUT2D eigenvalue weighted by atomic mass is 127. The molecule has 2 aliphatic heterocycles. The van der Waals surface area contributed by atoms with Crippen molar-refractivity contribution in [1.82, 2.24) is 10.6 Å². The van der Waals surface area contributed by atoms with E-state index in [9.17, 15) is 4.79 Å². The summed E-state index contributed by atoms with van der Waals surface area (Å²) >= 11 is 0. The molecule has 8 heteroatoms. The molecule has 0 saturated carbocycles. The van der Waals surface area contributed by atoms with Crippen LogP contribution in [0.25, 0.3) is 0 Å². The first-order chi connectivity index (χ1) is 15.6. The van der Waals surface area contributed by atoms with E-state index in [1.165, 1.54) is 5.56 Å². The van der Waals surface area contributed by atoms with Gasteiger partial charge in [-0.1, -0.05) is 24.3 Å². The summed E-state index contributed by atoms with van der Waals surface area (Å²) in [4.78, 5) is 18.1. The molecule has 2 aromatic carbocycles. The predicted octanol–water partition coefficient (Wildman–Crippen LogP) is 3.77. The molecule has 2 N–H and O–H groups in total. The molecular weight excluding hydrogens is 531 g/mol. The van der Waals surface area contributed by atoms with Crippen molar-refractivity contribution in [2.24, 2.45) is 4.99 Å². The largest absolute Gasteiger partial charge is 0.488 e. The molecule has 4 rings (SSSR count). The molecule has 0 bridgehead atoms. The fraction of sp³-hybridized carbons (Fsp3) is 0.440. The highest BCUT2D eigenvalue weighted by Crippen LogP contribution is 2.24. The number of halogens is 1. The Morgan fingerprint density at radius 2 is 1.97 bits per heavy atom. The van der Waals surface area contributed by atoms with Crippen LogP contribution in [0.3, 0.4) is 0 Å². The number of hydrogen-bond donors (Lipinski definition) is 2. The van der Waals surface area contributed by atoms with Crippen LogP contribution in [0.15, 0.2) is 47.5 Å². The van der Waals surface area contributed by atoms with Crippen LogP contribution in [0.4, 0.5) is 5.69 Å². The van der Waals surface area contributed by atoms with E-state index < -0.39 is 0 Å². The number of anilines is 1. The third-order valence-corrected chi connectivity index (χ3v) is 5.86. The fourth-order valence-electron chi connectivity index (χ4n) is 4.00. The zero-order valence-electron chi connectivity index (χ0n) is 19.3. The second-order valence-electron chi connectivity index (χ2n) is 8.31. The fourth-order valence-corrected chi connectivity index (χ4v) is 4.00. The SMILES string of the molecule is CN=C(NCc1ccc(N2CCCC2=O)cc1)NCc1ccc(C)cc1OC1CCOC1.I. The molecule has 1 amide bonds. The van der Waals surface area contributed by atoms with Crippen LogP contribution >= 0.6 is 24.0 Å². The van der Waals surface area contributed by atoms with Gasteiger partial charge < -0.3 is 25.0 Å². The van der Waals surface area contributed by atoms with Gasteiger partial charge in [-0.3, -0.25) is 9.79 Å². The number of nitrogens with one attached hydrogen (secondary N) is 2. The number of hydrogen-bond acceptors (Lipinski definition) is 4. The molecule has 2 aromatic rings. The number of benzene rings is 2. The number of rotatable bonds is 7. The molecule has 1 atom stereocenters. The molecule has 0 spiro atoms. The summed E-state index contributed by atoms with van der Waals surface area (Å²) in [6, 6.07) is 14.4. The third kappa shape index (κ3) is 6.83. The minimum atomic E-state index is 0. The molecule has 2 fully saturated rings. The van der Waals surface area contributed by atoms with Gasteiger partial charge in [-0.2, -0.15) is 0 Å². The molecule has 0 aliphatic carbocycles. The van der Waals surface area contributed by atoms with E-state index >= 15 is 0 Å². The summed E-state index contributed by atoms with van der Waals surface area (Å²) in [5.74, 6) is 1.83. The molecule has 1 unspecified atom stereocenters. The number of aliphatic imine (C=N–C) groups is 1. The van der Waals surface area contributed by atoms with E-state index in [1.54, 1.807) is 7.05 Å². The zero-order valence-corrected chi connectivity index (χ0v) is 21.6. The number of carbonyl (C=O) groups excluding carboxylic acids is 1. The van der Waals surface area contributed by atoms with Crippen LogP contribution in [-0.2, 0) is 22.6 Å². The van der Waals surface area contributed by atoms with Crippen molar-refractivity contribution in [2.75, 3.05) is 31.7 Å². The minimum Gasteiger partial charge on any atom is -0.488 e. The standard InChI is InChI=1S/C25H32N4O3.HI/c1-18-5-8-20(23(14-18)32-22-11-13-31-17-22)16-28-25(26-2)27-15-19-6-9-21(10-7-19)29-12-3-4-24(29)30;/h5-10,14,22H,3-4,11-13,15-17H2,1-2H3,(H2,26,27,28);1H. The van der Waals surface area contributed by atoms with Crippen molar-refractivity contribution in [3.63, 3.8) is 0 Å². The van der Waals surface area contributed by atoms with Gasteiger partial charge in [-0.15, -0.1) is 24.0 Å². The average molecular weight is 564 g/mol. The summed E-state index contributed by atoms with van der Waals surface area (Å²) in [5, 5.41) is 6.73. The Balaban J connectivity index is 0.00000306. The maximum absolute atomic E-state index is 11.9. The quantitative estimate of drug-likeness (QED) is 0.305. The molecular formula is C25H33IN4O3. The highest BCUT2D eigenvalue weighted by molar-refractivity contribution is 14.0. The third-order valence-electron chi connectivity index (χ3n) is 5.86. The Hall–Kier alpha value is -2.33. The molecule has 0 aromatic heterocycles. The average Bonchev–Trinajstić information content (AvgIpc) is 3.47. The van der Waals surface area contributed by atoms with Gasteiger partial charge >= 0.3 is 0 Å². The van der Waals surface area contributed by atoms with Gasteiger partial charge in [0.25, 0.3) is 0 Å². The Kier molecular flexibility index (Phi) is 9.37. The van der Waals surface area contributed by atoms with Gasteiger partial charge in [0, 0.05) is 50.8 Å². The summed E-state index contributed by atoms with van der Waals surface area (Å²) in [5.41, 5.74) is 4.36. The van der Waals surface area contributed by atoms with Crippen molar-refractivity contribution in [3.8, 4) is 5.75 Å². The van der Waals surface area contributed by atoms with Crippen molar-refractivity contribution in [3.05, 3.63) is 59.2 Å². The number of carbonyl (C=O) groups is 1. The van der Waals surface area contributed by atoms with E-state index in [4.69, 9.17) is 9.47 Å². The molecule has 2 heterocycles. The Morgan fingerprint density at radius 3 is 2.64 bits per heavy atom. The predicted molar refractivity (Wildman–Crippen MR) is 142 cm³/mol. The number of aryl methyl sites for hydroxylation is 1. The Labute approximate surface area is 213 Å². The van der Waals surface area contributed by atoms with E-state index in [0.717, 1.165) is 54.5 Å². The minimum absolute atomic E-state index is 0. The lowest BCUT2D eigenvalue weighted by atomic mass is 10.1. The van der Waals surface area contributed by atoms with E-state index in [2.05, 4.69) is 52.9 Å². The molecule has 0 radical (unpaired) electrons. The summed E-state index contributed by atoms with van der Waals surface area (Å²) < 4.78 is 11.6. The van der Waals surface area contributed by atoms with Gasteiger partial charge in [0.1, 0.15) is 11.9 Å². The van der Waals surface area contributed by atoms with Crippen LogP contribution in [-0.4, -0.2) is 44.8 Å². The second-order valence-corrected chi connectivity index (χ2v) is 8.31. The first kappa shape index (κ1) is 25.3. The molecule has 33 heavy (non-hydrogen) atoms. The lowest BCUT2D eigenvalue weighted by molar-refractivity contribution is -0.117. The van der Waals surface area contributed by atoms with Crippen molar-refractivity contribution < 1.29 is 14.3 Å². The first-order valence-corrected chi connectivity index (χ1v) is 11.3. The monoisotopic (exact) mass is 564 g/mol. The van der Waals surface area contributed by atoms with E-state index in [1.807, 2.05) is 17.0 Å². The normalized spacial score (nSPS) is 18.2. The van der Waals surface area contributed by atoms with E-state index in [-0.39, 0.29) is 36.0 Å². The lowest BCUT2D eigenvalue weighted by Crippen LogP contribution is -2.36. The number of nitrogens with zero attached hydrogens (tertiary/aromatic N) is 2. The van der Waals surface area contributed by atoms with Crippen molar-refractivity contribution in [1.29, 1.82) is 0 Å². The van der Waals surface area contributed by atoms with Crippen molar-refractivity contribution >= 4 is 41.5 Å². The van der Waals surface area contributed by atoms with E-state index in [0.29, 0.717) is 26.1 Å². The van der Waals surface area contributed by atoms with Crippen LogP contribution in [0.1, 0.15) is 36.0 Å². The summed E-state index contributed by atoms with van der Waals surface area (Å²) in [6.45, 7) is 5.54. The molecule has 7 nitrogen and oxygen atoms in total. The highest BCUT2D eigenvalue weighted by Gasteiger charge is 2.21. The van der Waals surface area contributed by atoms with Gasteiger partial charge in [0.15, 0.2) is 5.96 Å². The number of amides is 1. The topological polar surface area (TPSA) is 75.2 Å². The van der Waals surface area contributed by atoms with Gasteiger partial charge in [0.2, 0.25) is 5.91 Å². The molecule has 178 valence electrons. The Bertz CT molecular complexity index is 959.